The summed E-state index contributed by atoms with van der Waals surface area (Å²) in [6, 6.07) is 1.40. The number of carbonyl (C=O) groups excluding carboxylic acids is 2. The maximum atomic E-state index is 13.1. The number of Topliss-reactive ketones (excluding diaryl/α,β-unsaturated/α-hetero) is 1. The number of carbonyl (C=O) groups is 2. The topological polar surface area (TPSA) is 81.4 Å². The molecule has 0 radical (unpaired) electrons. The van der Waals surface area contributed by atoms with Crippen LogP contribution in [0.15, 0.2) is 18.2 Å². The van der Waals surface area contributed by atoms with E-state index in [-0.39, 0.29) is 30.6 Å². The Bertz CT molecular complexity index is 842. The van der Waals surface area contributed by atoms with Crippen LogP contribution in [0.2, 0.25) is 0 Å². The Balaban J connectivity index is 2.14. The van der Waals surface area contributed by atoms with E-state index in [0.29, 0.717) is 37.8 Å². The van der Waals surface area contributed by atoms with Crippen LogP contribution in [0.1, 0.15) is 69.2 Å². The standard InChI is InChI=1S/C22H28F6N2O3/c1-13(15-8-16(21(23,24)25)10-17(9-15)22(26,27)28)33-12-19(3)4-6-20(7-5-19,14(2)31)30-18(32)11-29/h8-10,13H,4-7,11-12,29H2,1-3H3,(H,30,32)/t13-,19?,20?/m1/s1. The van der Waals surface area contributed by atoms with Crippen molar-refractivity contribution in [3.63, 3.8) is 0 Å². The van der Waals surface area contributed by atoms with Gasteiger partial charge in [-0.2, -0.15) is 26.3 Å². The zero-order valence-corrected chi connectivity index (χ0v) is 18.6. The molecule has 11 heteroatoms. The van der Waals surface area contributed by atoms with Gasteiger partial charge in [-0.15, -0.1) is 0 Å². The molecule has 1 aromatic carbocycles. The van der Waals surface area contributed by atoms with E-state index in [1.807, 2.05) is 6.92 Å². The molecule has 186 valence electrons. The van der Waals surface area contributed by atoms with E-state index in [4.69, 9.17) is 10.5 Å². The Morgan fingerprint density at radius 3 is 1.91 bits per heavy atom. The molecule has 1 fully saturated rings. The second kappa shape index (κ2) is 9.61. The van der Waals surface area contributed by atoms with Crippen LogP contribution in [0, 0.1) is 5.41 Å². The van der Waals surface area contributed by atoms with Gasteiger partial charge in [0.15, 0.2) is 5.78 Å². The molecule has 1 aliphatic rings. The fraction of sp³-hybridized carbons (Fsp3) is 0.636. The van der Waals surface area contributed by atoms with Crippen LogP contribution in [0.3, 0.4) is 0 Å². The smallest absolute Gasteiger partial charge is 0.373 e. The van der Waals surface area contributed by atoms with Crippen LogP contribution >= 0.6 is 0 Å². The summed E-state index contributed by atoms with van der Waals surface area (Å²) < 4.78 is 84.4. The summed E-state index contributed by atoms with van der Waals surface area (Å²) in [7, 11) is 0. The van der Waals surface area contributed by atoms with Gasteiger partial charge in [-0.05, 0) is 68.7 Å². The van der Waals surface area contributed by atoms with Crippen molar-refractivity contribution in [3.05, 3.63) is 34.9 Å². The molecule has 0 bridgehead atoms. The van der Waals surface area contributed by atoms with E-state index < -0.39 is 46.4 Å². The molecule has 0 spiro atoms. The highest BCUT2D eigenvalue weighted by Crippen LogP contribution is 2.43. The fourth-order valence-electron chi connectivity index (χ4n) is 3.94. The predicted octanol–water partition coefficient (Wildman–Crippen LogP) is 4.78. The third-order valence-corrected chi connectivity index (χ3v) is 6.31. The molecule has 33 heavy (non-hydrogen) atoms. The van der Waals surface area contributed by atoms with Crippen LogP contribution in [-0.2, 0) is 26.7 Å². The zero-order chi connectivity index (χ0) is 25.2. The van der Waals surface area contributed by atoms with Crippen molar-refractivity contribution in [1.29, 1.82) is 0 Å². The number of benzene rings is 1. The molecule has 0 aliphatic heterocycles. The van der Waals surface area contributed by atoms with E-state index in [1.54, 1.807) is 0 Å². The summed E-state index contributed by atoms with van der Waals surface area (Å²) in [5, 5.41) is 2.68. The van der Waals surface area contributed by atoms with Crippen molar-refractivity contribution in [2.75, 3.05) is 13.2 Å². The SMILES string of the molecule is CC(=O)C1(NC(=O)CN)CCC(C)(CO[C@H](C)c2cc(C(F)(F)F)cc(C(F)(F)F)c2)CC1. The Hall–Kier alpha value is -2.14. The van der Waals surface area contributed by atoms with Gasteiger partial charge in [0, 0.05) is 0 Å². The number of hydrogen-bond acceptors (Lipinski definition) is 4. The maximum absolute atomic E-state index is 13.1. The van der Waals surface area contributed by atoms with Gasteiger partial charge in [0.25, 0.3) is 0 Å². The molecular weight excluding hydrogens is 454 g/mol. The van der Waals surface area contributed by atoms with Gasteiger partial charge < -0.3 is 15.8 Å². The Morgan fingerprint density at radius 2 is 1.52 bits per heavy atom. The van der Waals surface area contributed by atoms with Crippen molar-refractivity contribution in [2.24, 2.45) is 11.1 Å². The third-order valence-electron chi connectivity index (χ3n) is 6.31. The van der Waals surface area contributed by atoms with Gasteiger partial charge in [-0.25, -0.2) is 0 Å². The van der Waals surface area contributed by atoms with Crippen molar-refractivity contribution in [3.8, 4) is 0 Å². The average molecular weight is 482 g/mol. The monoisotopic (exact) mass is 482 g/mol. The van der Waals surface area contributed by atoms with Crippen LogP contribution in [0.4, 0.5) is 26.3 Å². The summed E-state index contributed by atoms with van der Waals surface area (Å²) in [4.78, 5) is 23.9. The van der Waals surface area contributed by atoms with Gasteiger partial charge in [0.2, 0.25) is 5.91 Å². The molecule has 1 saturated carbocycles. The lowest BCUT2D eigenvalue weighted by atomic mass is 9.67. The highest BCUT2D eigenvalue weighted by atomic mass is 19.4. The quantitative estimate of drug-likeness (QED) is 0.548. The number of amides is 1. The molecule has 1 amide bonds. The largest absolute Gasteiger partial charge is 0.416 e. The Labute approximate surface area is 188 Å². The number of alkyl halides is 6. The first-order valence-electron chi connectivity index (χ1n) is 10.4. The number of nitrogens with one attached hydrogen (secondary N) is 1. The van der Waals surface area contributed by atoms with Crippen LogP contribution in [0.25, 0.3) is 0 Å². The highest BCUT2D eigenvalue weighted by molar-refractivity contribution is 5.92. The van der Waals surface area contributed by atoms with E-state index >= 15 is 0 Å². The number of rotatable bonds is 7. The van der Waals surface area contributed by atoms with Crippen molar-refractivity contribution in [2.45, 2.75) is 70.4 Å². The lowest BCUT2D eigenvalue weighted by molar-refractivity contribution is -0.143. The van der Waals surface area contributed by atoms with Crippen LogP contribution < -0.4 is 11.1 Å². The number of nitrogens with two attached hydrogens (primary N) is 1. The molecule has 2 rings (SSSR count). The molecule has 0 aromatic heterocycles. The first kappa shape index (κ1) is 27.1. The lowest BCUT2D eigenvalue weighted by Crippen LogP contribution is -2.58. The van der Waals surface area contributed by atoms with Gasteiger partial charge in [0.05, 0.1) is 35.9 Å². The van der Waals surface area contributed by atoms with Gasteiger partial charge in [-0.3, -0.25) is 9.59 Å². The Morgan fingerprint density at radius 1 is 1.03 bits per heavy atom. The molecule has 1 atom stereocenters. The summed E-state index contributed by atoms with van der Waals surface area (Å²) >= 11 is 0. The molecule has 0 heterocycles. The number of halogens is 6. The first-order valence-corrected chi connectivity index (χ1v) is 10.4. The summed E-state index contributed by atoms with van der Waals surface area (Å²) in [6.45, 7) is 4.43. The van der Waals surface area contributed by atoms with Crippen molar-refractivity contribution >= 4 is 11.7 Å². The van der Waals surface area contributed by atoms with E-state index in [1.165, 1.54) is 13.8 Å². The summed E-state index contributed by atoms with van der Waals surface area (Å²) in [5.41, 5.74) is 0.793. The van der Waals surface area contributed by atoms with E-state index in [2.05, 4.69) is 5.32 Å². The molecule has 1 aromatic rings. The Kier molecular flexibility index (Phi) is 7.90. The summed E-state index contributed by atoms with van der Waals surface area (Å²) in [5.74, 6) is -0.659. The molecule has 3 N–H and O–H groups in total. The number of ketones is 1. The third kappa shape index (κ3) is 6.69. The van der Waals surface area contributed by atoms with Gasteiger partial charge >= 0.3 is 12.4 Å². The summed E-state index contributed by atoms with van der Waals surface area (Å²) in [6.07, 6.45) is -9.33. The predicted molar refractivity (Wildman–Crippen MR) is 108 cm³/mol. The zero-order valence-electron chi connectivity index (χ0n) is 18.6. The maximum Gasteiger partial charge on any atom is 0.416 e. The average Bonchev–Trinajstić information content (AvgIpc) is 2.72. The van der Waals surface area contributed by atoms with E-state index in [9.17, 15) is 35.9 Å². The minimum atomic E-state index is -4.94. The van der Waals surface area contributed by atoms with Gasteiger partial charge in [-0.1, -0.05) is 6.92 Å². The molecule has 0 unspecified atom stereocenters. The molecule has 5 nitrogen and oxygen atoms in total. The van der Waals surface area contributed by atoms with Gasteiger partial charge in [0.1, 0.15) is 0 Å². The second-order valence-electron chi connectivity index (χ2n) is 8.99. The number of hydrogen-bond donors (Lipinski definition) is 2. The first-order chi connectivity index (χ1) is 15.0. The fourth-order valence-corrected chi connectivity index (χ4v) is 3.94. The minimum absolute atomic E-state index is 0.0601. The molecule has 0 saturated heterocycles. The lowest BCUT2D eigenvalue weighted by Gasteiger charge is -2.44. The van der Waals surface area contributed by atoms with Crippen LogP contribution in [0.5, 0.6) is 0 Å². The van der Waals surface area contributed by atoms with Crippen molar-refractivity contribution in [1.82, 2.24) is 5.32 Å². The second-order valence-corrected chi connectivity index (χ2v) is 8.99. The number of ether oxygens (including phenoxy) is 1. The molecular formula is C22H28F6N2O3. The van der Waals surface area contributed by atoms with E-state index in [0.717, 1.165) is 0 Å². The van der Waals surface area contributed by atoms with Crippen LogP contribution in [-0.4, -0.2) is 30.4 Å². The highest BCUT2D eigenvalue weighted by Gasteiger charge is 2.45. The van der Waals surface area contributed by atoms with Crippen molar-refractivity contribution < 1.29 is 40.7 Å². The normalized spacial score (nSPS) is 24.9. The molecule has 1 aliphatic carbocycles. The minimum Gasteiger partial charge on any atom is -0.373 e.